The van der Waals surface area contributed by atoms with Crippen molar-refractivity contribution in [3.05, 3.63) is 29.8 Å². The maximum absolute atomic E-state index is 9.96. The summed E-state index contributed by atoms with van der Waals surface area (Å²) in [6.45, 7) is 0.744. The quantitative estimate of drug-likeness (QED) is 0.823. The van der Waals surface area contributed by atoms with E-state index in [0.29, 0.717) is 36.1 Å². The number of ether oxygens (including phenoxy) is 2. The van der Waals surface area contributed by atoms with Gasteiger partial charge in [0.05, 0.1) is 23.8 Å². The Labute approximate surface area is 124 Å². The summed E-state index contributed by atoms with van der Waals surface area (Å²) in [6.07, 6.45) is 3.53. The van der Waals surface area contributed by atoms with Gasteiger partial charge in [-0.2, -0.15) is 5.26 Å². The molecule has 2 N–H and O–H groups in total. The standard InChI is InChI=1S/C16H20N2O3/c17-8-11-1-3-13(4-2-11)20-10-12(19)9-18-15-7-14-5-6-16(15)21-14/h1-4,12,14-16,18-19H,5-7,9-10H2. The number of nitrogens with zero attached hydrogens (tertiary/aromatic N) is 1. The highest BCUT2D eigenvalue weighted by atomic mass is 16.5. The molecule has 0 amide bonds. The van der Waals surface area contributed by atoms with Gasteiger partial charge in [0.1, 0.15) is 18.5 Å². The van der Waals surface area contributed by atoms with E-state index in [-0.39, 0.29) is 6.61 Å². The second-order valence-electron chi connectivity index (χ2n) is 5.73. The molecule has 1 aromatic rings. The van der Waals surface area contributed by atoms with E-state index in [1.807, 2.05) is 0 Å². The molecule has 4 unspecified atom stereocenters. The summed E-state index contributed by atoms with van der Waals surface area (Å²) >= 11 is 0. The van der Waals surface area contributed by atoms with E-state index in [0.717, 1.165) is 12.8 Å². The van der Waals surface area contributed by atoms with Gasteiger partial charge in [0, 0.05) is 12.6 Å². The highest BCUT2D eigenvalue weighted by molar-refractivity contribution is 5.34. The number of rotatable bonds is 6. The predicted octanol–water partition coefficient (Wildman–Crippen LogP) is 1.21. The highest BCUT2D eigenvalue weighted by Crippen LogP contribution is 2.34. The molecule has 2 fully saturated rings. The van der Waals surface area contributed by atoms with Gasteiger partial charge in [-0.15, -0.1) is 0 Å². The first-order valence-corrected chi connectivity index (χ1v) is 7.44. The number of fused-ring (bicyclic) bond motifs is 2. The lowest BCUT2D eigenvalue weighted by atomic mass is 9.95. The lowest BCUT2D eigenvalue weighted by Crippen LogP contribution is -2.42. The first-order valence-electron chi connectivity index (χ1n) is 7.44. The van der Waals surface area contributed by atoms with Gasteiger partial charge in [0.15, 0.2) is 0 Å². The van der Waals surface area contributed by atoms with Gasteiger partial charge in [-0.25, -0.2) is 0 Å². The van der Waals surface area contributed by atoms with Crippen LogP contribution in [0.2, 0.25) is 0 Å². The van der Waals surface area contributed by atoms with Gasteiger partial charge in [0.2, 0.25) is 0 Å². The summed E-state index contributed by atoms with van der Waals surface area (Å²) in [4.78, 5) is 0. The van der Waals surface area contributed by atoms with Crippen molar-refractivity contribution in [1.82, 2.24) is 5.32 Å². The summed E-state index contributed by atoms with van der Waals surface area (Å²) in [5, 5.41) is 22.0. The average molecular weight is 288 g/mol. The molecular weight excluding hydrogens is 268 g/mol. The molecule has 2 aliphatic heterocycles. The third-order valence-electron chi connectivity index (χ3n) is 4.15. The minimum atomic E-state index is -0.556. The Bertz CT molecular complexity index is 511. The Morgan fingerprint density at radius 2 is 2.19 bits per heavy atom. The Hall–Kier alpha value is -1.61. The van der Waals surface area contributed by atoms with Crippen LogP contribution >= 0.6 is 0 Å². The van der Waals surface area contributed by atoms with Crippen LogP contribution in [0.1, 0.15) is 24.8 Å². The molecule has 5 heteroatoms. The van der Waals surface area contributed by atoms with E-state index in [1.54, 1.807) is 24.3 Å². The number of hydrogen-bond donors (Lipinski definition) is 2. The van der Waals surface area contributed by atoms with Crippen molar-refractivity contribution in [3.8, 4) is 11.8 Å². The summed E-state index contributed by atoms with van der Waals surface area (Å²) < 4.78 is 11.3. The fraction of sp³-hybridized carbons (Fsp3) is 0.562. The molecule has 2 aliphatic rings. The molecule has 0 spiro atoms. The number of benzene rings is 1. The first kappa shape index (κ1) is 14.3. The third-order valence-corrected chi connectivity index (χ3v) is 4.15. The number of nitrogens with one attached hydrogen (secondary N) is 1. The summed E-state index contributed by atoms with van der Waals surface area (Å²) in [5.74, 6) is 0.663. The molecule has 0 aliphatic carbocycles. The van der Waals surface area contributed by atoms with E-state index < -0.39 is 6.10 Å². The summed E-state index contributed by atoms with van der Waals surface area (Å²) in [7, 11) is 0. The SMILES string of the molecule is N#Cc1ccc(OCC(O)CNC2CC3CCC2O3)cc1. The van der Waals surface area contributed by atoms with Crippen LogP contribution in [-0.2, 0) is 4.74 Å². The first-order chi connectivity index (χ1) is 10.2. The number of aliphatic hydroxyl groups is 1. The molecule has 2 bridgehead atoms. The molecule has 0 saturated carbocycles. The van der Waals surface area contributed by atoms with Crippen LogP contribution in [0.3, 0.4) is 0 Å². The molecule has 21 heavy (non-hydrogen) atoms. The van der Waals surface area contributed by atoms with E-state index in [9.17, 15) is 5.11 Å². The Morgan fingerprint density at radius 1 is 1.38 bits per heavy atom. The van der Waals surface area contributed by atoms with Crippen LogP contribution in [-0.4, -0.2) is 42.6 Å². The minimum Gasteiger partial charge on any atom is -0.491 e. The molecule has 2 heterocycles. The molecular formula is C16H20N2O3. The fourth-order valence-corrected chi connectivity index (χ4v) is 3.02. The second kappa shape index (κ2) is 6.44. The summed E-state index contributed by atoms with van der Waals surface area (Å²) in [6, 6.07) is 9.30. The van der Waals surface area contributed by atoms with Crippen molar-refractivity contribution >= 4 is 0 Å². The second-order valence-corrected chi connectivity index (χ2v) is 5.73. The molecule has 0 aromatic heterocycles. The van der Waals surface area contributed by atoms with Crippen LogP contribution in [0, 0.1) is 11.3 Å². The zero-order valence-corrected chi connectivity index (χ0v) is 11.9. The van der Waals surface area contributed by atoms with Crippen LogP contribution in [0.4, 0.5) is 0 Å². The molecule has 2 saturated heterocycles. The maximum Gasteiger partial charge on any atom is 0.119 e. The molecule has 4 atom stereocenters. The van der Waals surface area contributed by atoms with Gasteiger partial charge in [-0.1, -0.05) is 0 Å². The van der Waals surface area contributed by atoms with Gasteiger partial charge in [-0.3, -0.25) is 0 Å². The van der Waals surface area contributed by atoms with E-state index in [1.165, 1.54) is 6.42 Å². The Kier molecular flexibility index (Phi) is 4.39. The maximum atomic E-state index is 9.96. The molecule has 5 nitrogen and oxygen atoms in total. The Morgan fingerprint density at radius 3 is 2.81 bits per heavy atom. The van der Waals surface area contributed by atoms with Crippen molar-refractivity contribution in [2.45, 2.75) is 43.6 Å². The normalized spacial score (nSPS) is 28.3. The predicted molar refractivity (Wildman–Crippen MR) is 77.0 cm³/mol. The lowest BCUT2D eigenvalue weighted by molar-refractivity contribution is 0.0853. The van der Waals surface area contributed by atoms with Gasteiger partial charge in [0.25, 0.3) is 0 Å². The van der Waals surface area contributed by atoms with Crippen LogP contribution in [0.5, 0.6) is 5.75 Å². The molecule has 0 radical (unpaired) electrons. The van der Waals surface area contributed by atoms with Gasteiger partial charge < -0.3 is 19.9 Å². The van der Waals surface area contributed by atoms with E-state index in [2.05, 4.69) is 11.4 Å². The van der Waals surface area contributed by atoms with Crippen LogP contribution in [0.25, 0.3) is 0 Å². The number of hydrogen-bond acceptors (Lipinski definition) is 5. The monoisotopic (exact) mass is 288 g/mol. The van der Waals surface area contributed by atoms with Gasteiger partial charge in [-0.05, 0) is 43.5 Å². The van der Waals surface area contributed by atoms with Crippen molar-refractivity contribution in [2.75, 3.05) is 13.2 Å². The number of nitriles is 1. The van der Waals surface area contributed by atoms with Crippen LogP contribution in [0.15, 0.2) is 24.3 Å². The van der Waals surface area contributed by atoms with Crippen molar-refractivity contribution in [2.24, 2.45) is 0 Å². The average Bonchev–Trinajstić information content (AvgIpc) is 3.14. The topological polar surface area (TPSA) is 74.5 Å². The van der Waals surface area contributed by atoms with Gasteiger partial charge >= 0.3 is 0 Å². The van der Waals surface area contributed by atoms with E-state index >= 15 is 0 Å². The highest BCUT2D eigenvalue weighted by Gasteiger charge is 2.40. The largest absolute Gasteiger partial charge is 0.491 e. The molecule has 112 valence electrons. The van der Waals surface area contributed by atoms with Crippen molar-refractivity contribution < 1.29 is 14.6 Å². The van der Waals surface area contributed by atoms with Crippen LogP contribution < -0.4 is 10.1 Å². The van der Waals surface area contributed by atoms with Crippen molar-refractivity contribution in [1.29, 1.82) is 5.26 Å². The Balaban J connectivity index is 1.38. The lowest BCUT2D eigenvalue weighted by Gasteiger charge is -2.22. The minimum absolute atomic E-state index is 0.237. The zero-order chi connectivity index (χ0) is 14.7. The molecule has 3 rings (SSSR count). The summed E-state index contributed by atoms with van der Waals surface area (Å²) in [5.41, 5.74) is 0.598. The van der Waals surface area contributed by atoms with Crippen molar-refractivity contribution in [3.63, 3.8) is 0 Å². The van der Waals surface area contributed by atoms with E-state index in [4.69, 9.17) is 14.7 Å². The third kappa shape index (κ3) is 3.53. The number of aliphatic hydroxyl groups excluding tert-OH is 1. The molecule has 1 aromatic carbocycles. The smallest absolute Gasteiger partial charge is 0.119 e. The fourth-order valence-electron chi connectivity index (χ4n) is 3.02. The zero-order valence-electron chi connectivity index (χ0n) is 11.9.